The third-order valence-electron chi connectivity index (χ3n) is 3.98. The third-order valence-corrected chi connectivity index (χ3v) is 5.18. The van der Waals surface area contributed by atoms with E-state index in [0.29, 0.717) is 11.7 Å². The zero-order valence-corrected chi connectivity index (χ0v) is 12.9. The second kappa shape index (κ2) is 5.54. The zero-order valence-electron chi connectivity index (χ0n) is 12.1. The molecular weight excluding hydrogens is 281 g/mol. The van der Waals surface area contributed by atoms with Gasteiger partial charge < -0.3 is 0 Å². The molecule has 0 radical (unpaired) electrons. The molecule has 0 fully saturated rings. The lowest BCUT2D eigenvalue weighted by Crippen LogP contribution is -2.11. The number of benzene rings is 2. The molecule has 1 nitrogen and oxygen atoms in total. The molecule has 0 N–H and O–H groups in total. The van der Waals surface area contributed by atoms with Gasteiger partial charge in [0.15, 0.2) is 0 Å². The fraction of sp³-hybridized carbons (Fsp3) is 0.278. The Kier molecular flexibility index (Phi) is 3.73. The number of hydrogen-bond acceptors (Lipinski definition) is 2. The molecule has 2 aromatic carbocycles. The predicted octanol–water partition coefficient (Wildman–Crippen LogP) is 5.09. The van der Waals surface area contributed by atoms with Gasteiger partial charge in [0.05, 0.1) is 5.56 Å². The highest BCUT2D eigenvalue weighted by Crippen LogP contribution is 2.45. The van der Waals surface area contributed by atoms with E-state index in [-0.39, 0.29) is 11.7 Å². The lowest BCUT2D eigenvalue weighted by atomic mass is 9.80. The zero-order chi connectivity index (χ0) is 15.0. The van der Waals surface area contributed by atoms with E-state index in [1.165, 1.54) is 17.2 Å². The molecule has 0 saturated heterocycles. The second-order valence-corrected chi connectivity index (χ2v) is 6.67. The van der Waals surface area contributed by atoms with Gasteiger partial charge in [0, 0.05) is 16.6 Å². The van der Waals surface area contributed by atoms with Crippen LogP contribution in [0.25, 0.3) is 0 Å². The average Bonchev–Trinajstić information content (AvgIpc) is 2.63. The van der Waals surface area contributed by atoms with Crippen LogP contribution in [0.15, 0.2) is 41.3 Å². The molecule has 3 heteroatoms. The molecular formula is C18H16FNS. The first-order valence-electron chi connectivity index (χ1n) is 7.06. The Balaban J connectivity index is 2.25. The molecule has 0 amide bonds. The van der Waals surface area contributed by atoms with Crippen molar-refractivity contribution in [1.82, 2.24) is 0 Å². The van der Waals surface area contributed by atoms with Crippen molar-refractivity contribution in [3.05, 3.63) is 64.5 Å². The van der Waals surface area contributed by atoms with Crippen molar-refractivity contribution in [3.8, 4) is 6.07 Å². The van der Waals surface area contributed by atoms with Crippen molar-refractivity contribution in [3.63, 3.8) is 0 Å². The lowest BCUT2D eigenvalue weighted by molar-refractivity contribution is 0.553. The summed E-state index contributed by atoms with van der Waals surface area (Å²) in [5.74, 6) is 1.12. The van der Waals surface area contributed by atoms with E-state index >= 15 is 0 Å². The fourth-order valence-electron chi connectivity index (χ4n) is 3.09. The van der Waals surface area contributed by atoms with E-state index in [9.17, 15) is 9.65 Å². The molecule has 1 aliphatic heterocycles. The maximum Gasteiger partial charge on any atom is 0.123 e. The van der Waals surface area contributed by atoms with Crippen LogP contribution in [-0.4, -0.2) is 0 Å². The highest BCUT2D eigenvalue weighted by molar-refractivity contribution is 7.98. The Labute approximate surface area is 128 Å². The van der Waals surface area contributed by atoms with E-state index in [1.54, 1.807) is 17.8 Å². The minimum absolute atomic E-state index is 0.191. The van der Waals surface area contributed by atoms with Gasteiger partial charge in [-0.2, -0.15) is 5.26 Å². The van der Waals surface area contributed by atoms with Crippen molar-refractivity contribution < 1.29 is 4.39 Å². The summed E-state index contributed by atoms with van der Waals surface area (Å²) in [6.45, 7) is 4.35. The van der Waals surface area contributed by atoms with Crippen molar-refractivity contribution in [1.29, 1.82) is 5.26 Å². The van der Waals surface area contributed by atoms with Crippen LogP contribution in [0.2, 0.25) is 0 Å². The first-order chi connectivity index (χ1) is 10.1. The molecule has 106 valence electrons. The van der Waals surface area contributed by atoms with Crippen LogP contribution >= 0.6 is 11.8 Å². The SMILES string of the molecule is CC(C)C1c2ccc(F)cc2CSc2c(C#N)cccc21. The number of halogens is 1. The standard InChI is InChI=1S/C18H16FNS/c1-11(2)17-15-7-6-14(19)8-13(15)10-21-18-12(9-20)4-3-5-16(17)18/h3-8,11,17H,10H2,1-2H3. The Morgan fingerprint density at radius 1 is 1.24 bits per heavy atom. The fourth-order valence-corrected chi connectivity index (χ4v) is 4.27. The molecule has 0 aromatic heterocycles. The van der Waals surface area contributed by atoms with E-state index in [4.69, 9.17) is 0 Å². The van der Waals surface area contributed by atoms with Crippen LogP contribution in [0.3, 0.4) is 0 Å². The number of thioether (sulfide) groups is 1. The highest BCUT2D eigenvalue weighted by atomic mass is 32.2. The summed E-state index contributed by atoms with van der Waals surface area (Å²) in [5, 5.41) is 9.35. The average molecular weight is 297 g/mol. The van der Waals surface area contributed by atoms with Gasteiger partial charge in [-0.1, -0.05) is 32.0 Å². The van der Waals surface area contributed by atoms with Crippen LogP contribution in [0.1, 0.15) is 42.0 Å². The molecule has 21 heavy (non-hydrogen) atoms. The summed E-state index contributed by atoms with van der Waals surface area (Å²) in [6.07, 6.45) is 0. The summed E-state index contributed by atoms with van der Waals surface area (Å²) < 4.78 is 13.6. The Bertz CT molecular complexity index is 730. The van der Waals surface area contributed by atoms with Gasteiger partial charge in [-0.25, -0.2) is 4.39 Å². The monoisotopic (exact) mass is 297 g/mol. The summed E-state index contributed by atoms with van der Waals surface area (Å²) in [6, 6.07) is 13.3. The number of rotatable bonds is 1. The lowest BCUT2D eigenvalue weighted by Gasteiger charge is -2.24. The minimum atomic E-state index is -0.191. The van der Waals surface area contributed by atoms with Gasteiger partial charge in [-0.15, -0.1) is 11.8 Å². The van der Waals surface area contributed by atoms with Crippen molar-refractivity contribution in [2.45, 2.75) is 30.4 Å². The molecule has 0 spiro atoms. The minimum Gasteiger partial charge on any atom is -0.207 e. The second-order valence-electron chi connectivity index (χ2n) is 5.69. The van der Waals surface area contributed by atoms with Crippen LogP contribution < -0.4 is 0 Å². The third kappa shape index (κ3) is 2.45. The normalized spacial score (nSPS) is 16.8. The van der Waals surface area contributed by atoms with Crippen molar-refractivity contribution >= 4 is 11.8 Å². The number of nitriles is 1. The van der Waals surface area contributed by atoms with Crippen molar-refractivity contribution in [2.24, 2.45) is 5.92 Å². The molecule has 1 unspecified atom stereocenters. The number of hydrogen-bond donors (Lipinski definition) is 0. The molecule has 1 heterocycles. The van der Waals surface area contributed by atoms with Crippen LogP contribution in [0.5, 0.6) is 0 Å². The van der Waals surface area contributed by atoms with E-state index in [2.05, 4.69) is 26.0 Å². The summed E-state index contributed by atoms with van der Waals surface area (Å²) in [7, 11) is 0. The smallest absolute Gasteiger partial charge is 0.123 e. The topological polar surface area (TPSA) is 23.8 Å². The molecule has 0 aliphatic carbocycles. The Morgan fingerprint density at radius 2 is 2.05 bits per heavy atom. The molecule has 1 atom stereocenters. The quantitative estimate of drug-likeness (QED) is 0.732. The van der Waals surface area contributed by atoms with E-state index < -0.39 is 0 Å². The van der Waals surface area contributed by atoms with Gasteiger partial charge >= 0.3 is 0 Å². The molecule has 3 rings (SSSR count). The first kappa shape index (κ1) is 14.2. The highest BCUT2D eigenvalue weighted by Gasteiger charge is 2.28. The Hall–Kier alpha value is -1.79. The van der Waals surface area contributed by atoms with E-state index in [0.717, 1.165) is 16.0 Å². The van der Waals surface area contributed by atoms with E-state index in [1.807, 2.05) is 18.2 Å². The predicted molar refractivity (Wildman–Crippen MR) is 83.8 cm³/mol. The summed E-state index contributed by atoms with van der Waals surface area (Å²) in [4.78, 5) is 1.05. The number of fused-ring (bicyclic) bond motifs is 2. The summed E-state index contributed by atoms with van der Waals surface area (Å²) in [5.41, 5.74) is 4.14. The van der Waals surface area contributed by atoms with Crippen LogP contribution in [-0.2, 0) is 5.75 Å². The first-order valence-corrected chi connectivity index (χ1v) is 8.04. The molecule has 1 aliphatic rings. The molecule has 2 aromatic rings. The van der Waals surface area contributed by atoms with Gasteiger partial charge in [0.25, 0.3) is 0 Å². The van der Waals surface area contributed by atoms with Crippen LogP contribution in [0, 0.1) is 23.1 Å². The summed E-state index contributed by atoms with van der Waals surface area (Å²) >= 11 is 1.64. The van der Waals surface area contributed by atoms with Crippen LogP contribution in [0.4, 0.5) is 4.39 Å². The van der Waals surface area contributed by atoms with Gasteiger partial charge in [0.2, 0.25) is 0 Å². The van der Waals surface area contributed by atoms with Gasteiger partial charge in [-0.05, 0) is 40.8 Å². The maximum absolute atomic E-state index is 13.6. The molecule has 0 saturated carbocycles. The molecule has 0 bridgehead atoms. The number of nitrogens with zero attached hydrogens (tertiary/aromatic N) is 1. The van der Waals surface area contributed by atoms with Gasteiger partial charge in [0.1, 0.15) is 11.9 Å². The Morgan fingerprint density at radius 3 is 2.76 bits per heavy atom. The maximum atomic E-state index is 13.6. The van der Waals surface area contributed by atoms with Gasteiger partial charge in [-0.3, -0.25) is 0 Å². The largest absolute Gasteiger partial charge is 0.207 e. The van der Waals surface area contributed by atoms with Crippen molar-refractivity contribution in [2.75, 3.05) is 0 Å².